The fourth-order valence-electron chi connectivity index (χ4n) is 7.89. The first-order chi connectivity index (χ1) is 17.6. The van der Waals surface area contributed by atoms with E-state index in [1.165, 1.54) is 148 Å². The fourth-order valence-corrected chi connectivity index (χ4v) is 7.89. The number of hydrogen-bond acceptors (Lipinski definition) is 0. The Kier molecular flexibility index (Phi) is 15.5. The molecule has 3 unspecified atom stereocenters. The third-order valence-electron chi connectivity index (χ3n) is 11.0. The molecule has 1 saturated carbocycles. The fraction of sp³-hybridized carbons (Fsp3) is 0.946. The molecule has 0 N–H and O–H groups in total. The predicted molar refractivity (Wildman–Crippen MR) is 168 cm³/mol. The van der Waals surface area contributed by atoms with E-state index in [4.69, 9.17) is 0 Å². The van der Waals surface area contributed by atoms with Crippen molar-refractivity contribution in [3.63, 3.8) is 0 Å². The molecular formula is C37H70. The molecule has 37 heavy (non-hydrogen) atoms. The summed E-state index contributed by atoms with van der Waals surface area (Å²) in [4.78, 5) is 0. The van der Waals surface area contributed by atoms with Gasteiger partial charge in [0.05, 0.1) is 0 Å². The standard InChI is InChI=1S/C37H70/c1-31(25-27-34-24-18-19-29-36(34,4)5)21-16-14-12-10-8-9-11-13-15-17-22-32(2)26-28-35-33(3)23-20-30-37(35,6)7/h31-32,34H,8-30H2,1-7H3. The quantitative estimate of drug-likeness (QED) is 0.119. The van der Waals surface area contributed by atoms with Gasteiger partial charge in [-0.05, 0) is 86.9 Å². The molecule has 0 aliphatic heterocycles. The van der Waals surface area contributed by atoms with E-state index >= 15 is 0 Å². The summed E-state index contributed by atoms with van der Waals surface area (Å²) in [5, 5.41) is 0. The Balaban J connectivity index is 1.36. The molecule has 2 aliphatic rings. The van der Waals surface area contributed by atoms with Crippen molar-refractivity contribution in [2.24, 2.45) is 28.6 Å². The molecule has 2 rings (SSSR count). The van der Waals surface area contributed by atoms with E-state index in [1.54, 1.807) is 11.1 Å². The summed E-state index contributed by atoms with van der Waals surface area (Å²) in [7, 11) is 0. The lowest BCUT2D eigenvalue weighted by Gasteiger charge is -2.39. The van der Waals surface area contributed by atoms with Crippen molar-refractivity contribution in [2.75, 3.05) is 0 Å². The van der Waals surface area contributed by atoms with Crippen LogP contribution in [0.25, 0.3) is 0 Å². The zero-order chi connectivity index (χ0) is 27.2. The van der Waals surface area contributed by atoms with Crippen LogP contribution < -0.4 is 0 Å². The van der Waals surface area contributed by atoms with Crippen LogP contribution in [0.15, 0.2) is 11.1 Å². The van der Waals surface area contributed by atoms with Crippen LogP contribution in [0.3, 0.4) is 0 Å². The summed E-state index contributed by atoms with van der Waals surface area (Å²) in [6, 6.07) is 0. The number of allylic oxidation sites excluding steroid dienone is 2. The van der Waals surface area contributed by atoms with E-state index in [2.05, 4.69) is 48.5 Å². The number of rotatable bonds is 19. The van der Waals surface area contributed by atoms with Crippen molar-refractivity contribution in [3.8, 4) is 0 Å². The minimum absolute atomic E-state index is 0.465. The SMILES string of the molecule is CC1=C(CCC(C)CCCCCCCCCCCCC(C)CCC2CCCCC2(C)C)C(C)(C)CCC1. The zero-order valence-corrected chi connectivity index (χ0v) is 27.0. The van der Waals surface area contributed by atoms with Gasteiger partial charge >= 0.3 is 0 Å². The lowest BCUT2D eigenvalue weighted by atomic mass is 9.67. The van der Waals surface area contributed by atoms with Crippen molar-refractivity contribution in [2.45, 2.75) is 196 Å². The summed E-state index contributed by atoms with van der Waals surface area (Å²) in [5.41, 5.74) is 4.59. The Morgan fingerprint density at radius 2 is 1.19 bits per heavy atom. The minimum atomic E-state index is 0.465. The molecule has 3 atom stereocenters. The van der Waals surface area contributed by atoms with E-state index in [9.17, 15) is 0 Å². The summed E-state index contributed by atoms with van der Waals surface area (Å²) in [6.07, 6.45) is 33.4. The van der Waals surface area contributed by atoms with Crippen LogP contribution in [0.2, 0.25) is 0 Å². The van der Waals surface area contributed by atoms with Gasteiger partial charge in [-0.2, -0.15) is 0 Å². The molecule has 0 amide bonds. The van der Waals surface area contributed by atoms with Crippen molar-refractivity contribution in [3.05, 3.63) is 11.1 Å². The van der Waals surface area contributed by atoms with Gasteiger partial charge in [0, 0.05) is 0 Å². The monoisotopic (exact) mass is 515 g/mol. The lowest BCUT2D eigenvalue weighted by Crippen LogP contribution is -2.28. The Morgan fingerprint density at radius 3 is 1.73 bits per heavy atom. The Hall–Kier alpha value is -0.260. The molecule has 0 radical (unpaired) electrons. The molecule has 1 fully saturated rings. The average molecular weight is 515 g/mol. The van der Waals surface area contributed by atoms with Gasteiger partial charge < -0.3 is 0 Å². The maximum Gasteiger partial charge on any atom is -0.0142 e. The van der Waals surface area contributed by atoms with E-state index in [0.717, 1.165) is 17.8 Å². The van der Waals surface area contributed by atoms with Gasteiger partial charge in [0.1, 0.15) is 0 Å². The molecule has 2 aliphatic carbocycles. The van der Waals surface area contributed by atoms with E-state index in [-0.39, 0.29) is 0 Å². The summed E-state index contributed by atoms with van der Waals surface area (Å²) < 4.78 is 0. The van der Waals surface area contributed by atoms with Crippen LogP contribution in [0, 0.1) is 28.6 Å². The second-order valence-corrected chi connectivity index (χ2v) is 15.4. The molecule has 218 valence electrons. The molecule has 0 aromatic rings. The molecule has 0 saturated heterocycles. The first-order valence-corrected chi connectivity index (χ1v) is 17.3. The van der Waals surface area contributed by atoms with Crippen molar-refractivity contribution in [1.29, 1.82) is 0 Å². The Bertz CT molecular complexity index is 620. The highest BCUT2D eigenvalue weighted by Crippen LogP contribution is 2.44. The average Bonchev–Trinajstić information content (AvgIpc) is 2.83. The van der Waals surface area contributed by atoms with Gasteiger partial charge in [-0.25, -0.2) is 0 Å². The first kappa shape index (κ1) is 32.9. The molecule has 0 heteroatoms. The summed E-state index contributed by atoms with van der Waals surface area (Å²) >= 11 is 0. The summed E-state index contributed by atoms with van der Waals surface area (Å²) in [5.74, 6) is 2.84. The van der Waals surface area contributed by atoms with Gasteiger partial charge in [-0.3, -0.25) is 0 Å². The van der Waals surface area contributed by atoms with Crippen LogP contribution in [0.1, 0.15) is 196 Å². The topological polar surface area (TPSA) is 0 Å². The maximum atomic E-state index is 2.53. The highest BCUT2D eigenvalue weighted by Gasteiger charge is 2.31. The third-order valence-corrected chi connectivity index (χ3v) is 11.0. The lowest BCUT2D eigenvalue weighted by molar-refractivity contribution is 0.122. The van der Waals surface area contributed by atoms with Gasteiger partial charge in [0.2, 0.25) is 0 Å². The van der Waals surface area contributed by atoms with Crippen molar-refractivity contribution < 1.29 is 0 Å². The van der Waals surface area contributed by atoms with Gasteiger partial charge in [-0.1, -0.05) is 149 Å². The van der Waals surface area contributed by atoms with E-state index in [0.29, 0.717) is 10.8 Å². The maximum absolute atomic E-state index is 2.53. The smallest absolute Gasteiger partial charge is 0.0142 e. The van der Waals surface area contributed by atoms with Crippen LogP contribution in [-0.2, 0) is 0 Å². The van der Waals surface area contributed by atoms with Gasteiger partial charge in [0.25, 0.3) is 0 Å². The second-order valence-electron chi connectivity index (χ2n) is 15.4. The van der Waals surface area contributed by atoms with E-state index in [1.807, 2.05) is 0 Å². The molecule has 0 heterocycles. The minimum Gasteiger partial charge on any atom is -0.0736 e. The van der Waals surface area contributed by atoms with Crippen LogP contribution in [0.4, 0.5) is 0 Å². The third kappa shape index (κ3) is 13.1. The van der Waals surface area contributed by atoms with E-state index < -0.39 is 0 Å². The van der Waals surface area contributed by atoms with Gasteiger partial charge in [-0.15, -0.1) is 0 Å². The molecule has 0 aromatic carbocycles. The zero-order valence-electron chi connectivity index (χ0n) is 27.0. The number of unbranched alkanes of at least 4 members (excludes halogenated alkanes) is 9. The van der Waals surface area contributed by atoms with Gasteiger partial charge in [0.15, 0.2) is 0 Å². The first-order valence-electron chi connectivity index (χ1n) is 17.3. The van der Waals surface area contributed by atoms with Crippen LogP contribution in [0.5, 0.6) is 0 Å². The highest BCUT2D eigenvalue weighted by molar-refractivity contribution is 5.22. The number of hydrogen-bond donors (Lipinski definition) is 0. The second kappa shape index (κ2) is 17.4. The highest BCUT2D eigenvalue weighted by atomic mass is 14.4. The van der Waals surface area contributed by atoms with Crippen LogP contribution in [-0.4, -0.2) is 0 Å². The summed E-state index contributed by atoms with van der Waals surface area (Å²) in [6.45, 7) is 17.5. The van der Waals surface area contributed by atoms with Crippen molar-refractivity contribution >= 4 is 0 Å². The van der Waals surface area contributed by atoms with Crippen LogP contribution >= 0.6 is 0 Å². The molecule has 0 nitrogen and oxygen atoms in total. The largest absolute Gasteiger partial charge is 0.0736 e. The molecular weight excluding hydrogens is 444 g/mol. The Labute approximate surface area is 235 Å². The predicted octanol–water partition coefficient (Wildman–Crippen LogP) is 13.2. The van der Waals surface area contributed by atoms with Crippen molar-refractivity contribution in [1.82, 2.24) is 0 Å². The molecule has 0 spiro atoms. The molecule has 0 bridgehead atoms. The normalized spacial score (nSPS) is 23.3. The molecule has 0 aromatic heterocycles. The Morgan fingerprint density at radius 1 is 0.649 bits per heavy atom.